The molecule has 0 spiro atoms. The minimum atomic E-state index is -0.225. The number of hydrogen-bond acceptors (Lipinski definition) is 3. The van der Waals surface area contributed by atoms with Crippen LogP contribution in [0.25, 0.3) is 75.0 Å². The van der Waals surface area contributed by atoms with Gasteiger partial charge in [0.15, 0.2) is 0 Å². The smallest absolute Gasteiger partial charge is 0.0562 e. The zero-order valence-electron chi connectivity index (χ0n) is 35.1. The first-order valence-electron chi connectivity index (χ1n) is 21.7. The number of anilines is 4. The Labute approximate surface area is 365 Å². The van der Waals surface area contributed by atoms with Crippen molar-refractivity contribution in [2.24, 2.45) is 7.05 Å². The Hall–Kier alpha value is -7.14. The minimum absolute atomic E-state index is 0.225. The summed E-state index contributed by atoms with van der Waals surface area (Å²) >= 11 is 1.87. The summed E-state index contributed by atoms with van der Waals surface area (Å²) in [7, 11) is 2.18. The predicted molar refractivity (Wildman–Crippen MR) is 267 cm³/mol. The summed E-state index contributed by atoms with van der Waals surface area (Å²) in [4.78, 5) is 2.52. The fourth-order valence-electron chi connectivity index (χ4n) is 10.7. The maximum absolute atomic E-state index is 6.69. The van der Waals surface area contributed by atoms with E-state index < -0.39 is 0 Å². The topological polar surface area (TPSA) is 34.2 Å². The van der Waals surface area contributed by atoms with E-state index in [1.165, 1.54) is 116 Å². The van der Waals surface area contributed by atoms with Gasteiger partial charge in [-0.1, -0.05) is 141 Å². The Morgan fingerprint density at radius 3 is 1.84 bits per heavy atom. The number of para-hydroxylation sites is 1. The van der Waals surface area contributed by atoms with Crippen LogP contribution in [0.3, 0.4) is 0 Å². The molecule has 2 heterocycles. The van der Waals surface area contributed by atoms with Crippen LogP contribution in [0.15, 0.2) is 182 Å². The van der Waals surface area contributed by atoms with Gasteiger partial charge in [0.1, 0.15) is 0 Å². The number of rotatable bonds is 3. The van der Waals surface area contributed by atoms with Crippen molar-refractivity contribution in [2.45, 2.75) is 32.1 Å². The van der Waals surface area contributed by atoms with Crippen molar-refractivity contribution in [1.29, 1.82) is 0 Å². The summed E-state index contributed by atoms with van der Waals surface area (Å²) in [6.07, 6.45) is 2.38. The Kier molecular flexibility index (Phi) is 8.26. The number of aromatic nitrogens is 1. The number of nitrogens with two attached hydrogens (primary N) is 1. The van der Waals surface area contributed by atoms with Gasteiger partial charge in [0.05, 0.1) is 16.9 Å². The average Bonchev–Trinajstić information content (AvgIpc) is 3.92. The van der Waals surface area contributed by atoms with Crippen molar-refractivity contribution < 1.29 is 0 Å². The second-order valence-electron chi connectivity index (χ2n) is 17.4. The minimum Gasteiger partial charge on any atom is -0.398 e. The molecule has 0 unspecified atom stereocenters. The number of nitrogens with zero attached hydrogens (tertiary/aromatic N) is 2. The quantitative estimate of drug-likeness (QED) is 0.180. The van der Waals surface area contributed by atoms with Crippen molar-refractivity contribution in [2.75, 3.05) is 10.6 Å². The molecule has 298 valence electrons. The molecule has 0 saturated heterocycles. The first-order valence-corrected chi connectivity index (χ1v) is 22.5. The van der Waals surface area contributed by atoms with Gasteiger partial charge in [-0.3, -0.25) is 0 Å². The van der Waals surface area contributed by atoms with Gasteiger partial charge in [-0.25, -0.2) is 0 Å². The highest BCUT2D eigenvalue weighted by atomic mass is 32.1. The first kappa shape index (κ1) is 36.7. The Morgan fingerprint density at radius 1 is 0.500 bits per heavy atom. The van der Waals surface area contributed by atoms with Crippen LogP contribution in [0.5, 0.6) is 0 Å². The van der Waals surface area contributed by atoms with E-state index in [4.69, 9.17) is 5.73 Å². The van der Waals surface area contributed by atoms with Crippen LogP contribution >= 0.6 is 11.3 Å². The molecule has 0 fully saturated rings. The van der Waals surface area contributed by atoms with Gasteiger partial charge >= 0.3 is 0 Å². The standard InChI is InChI=1S/C44H33N3S.C14H12/c1-44(2)32-24-26(22-23-29(32)41-28-13-5-4-12-27(28)34(45)25-33(41)44)47(38-19-11-21-40-43(38)31-15-7-9-20-39(31)48-40)37-18-10-17-36-42(37)30-14-6-8-16-35(30)46(36)3;1-3-7-13-11(5-1)9-10-12-6-2-4-8-14(12)13/h4-25H,45H2,1-3H3;1-8H,9-10H2. The molecule has 0 amide bonds. The van der Waals surface area contributed by atoms with Gasteiger partial charge in [-0.15, -0.1) is 11.3 Å². The molecule has 0 saturated carbocycles. The molecule has 0 radical (unpaired) electrons. The van der Waals surface area contributed by atoms with Gasteiger partial charge in [0, 0.05) is 65.7 Å². The molecule has 4 heteroatoms. The molecule has 9 aromatic carbocycles. The first-order chi connectivity index (χ1) is 30.4. The normalized spacial score (nSPS) is 13.5. The predicted octanol–water partition coefficient (Wildman–Crippen LogP) is 15.7. The van der Waals surface area contributed by atoms with Crippen LogP contribution in [-0.4, -0.2) is 4.57 Å². The maximum Gasteiger partial charge on any atom is 0.0562 e. The molecule has 0 atom stereocenters. The van der Waals surface area contributed by atoms with Gasteiger partial charge < -0.3 is 15.2 Å². The van der Waals surface area contributed by atoms with E-state index in [1.54, 1.807) is 0 Å². The van der Waals surface area contributed by atoms with Crippen molar-refractivity contribution in [3.8, 4) is 22.3 Å². The fourth-order valence-corrected chi connectivity index (χ4v) is 11.9. The number of nitrogen functional groups attached to an aromatic ring is 1. The summed E-state index contributed by atoms with van der Waals surface area (Å²) in [5.74, 6) is 0. The van der Waals surface area contributed by atoms with E-state index >= 15 is 0 Å². The largest absolute Gasteiger partial charge is 0.398 e. The molecule has 13 rings (SSSR count). The van der Waals surface area contributed by atoms with Crippen molar-refractivity contribution in [1.82, 2.24) is 4.57 Å². The molecule has 3 nitrogen and oxygen atoms in total. The molecular weight excluding hydrogens is 771 g/mol. The van der Waals surface area contributed by atoms with Crippen LogP contribution in [-0.2, 0) is 25.3 Å². The SMILES string of the molecule is Cn1c2ccccc2c2c(N(c3ccc4c(c3)C(C)(C)c3cc(N)c5ccccc5c3-4)c3cccc4sc5ccccc5c34)cccc21.c1ccc2c(c1)CCc1ccccc1-2. The Morgan fingerprint density at radius 2 is 1.08 bits per heavy atom. The maximum atomic E-state index is 6.69. The summed E-state index contributed by atoms with van der Waals surface area (Å²) in [5, 5.41) is 7.43. The third-order valence-corrected chi connectivity index (χ3v) is 14.9. The zero-order valence-corrected chi connectivity index (χ0v) is 35.9. The van der Waals surface area contributed by atoms with Crippen LogP contribution in [0.4, 0.5) is 22.7 Å². The van der Waals surface area contributed by atoms with Crippen LogP contribution in [0, 0.1) is 0 Å². The second kappa shape index (κ2) is 14.0. The molecule has 62 heavy (non-hydrogen) atoms. The molecule has 2 N–H and O–H groups in total. The van der Waals surface area contributed by atoms with E-state index in [9.17, 15) is 0 Å². The summed E-state index contributed by atoms with van der Waals surface area (Å²) in [6.45, 7) is 4.69. The molecule has 0 bridgehead atoms. The number of benzene rings is 9. The van der Waals surface area contributed by atoms with Crippen LogP contribution in [0.2, 0.25) is 0 Å². The monoisotopic (exact) mass is 815 g/mol. The number of aryl methyl sites for hydroxylation is 3. The van der Waals surface area contributed by atoms with Crippen LogP contribution < -0.4 is 10.6 Å². The third-order valence-electron chi connectivity index (χ3n) is 13.7. The average molecular weight is 816 g/mol. The highest BCUT2D eigenvalue weighted by molar-refractivity contribution is 7.26. The number of fused-ring (bicyclic) bond motifs is 14. The lowest BCUT2D eigenvalue weighted by atomic mass is 9.81. The molecule has 2 aliphatic carbocycles. The van der Waals surface area contributed by atoms with Crippen molar-refractivity contribution in [3.63, 3.8) is 0 Å². The summed E-state index contributed by atoms with van der Waals surface area (Å²) in [6, 6.07) is 66.5. The molecule has 0 aliphatic heterocycles. The molecular formula is C58H45N3S. The second-order valence-corrected chi connectivity index (χ2v) is 18.5. The van der Waals surface area contributed by atoms with E-state index in [2.05, 4.69) is 212 Å². The lowest BCUT2D eigenvalue weighted by molar-refractivity contribution is 0.661. The lowest BCUT2D eigenvalue weighted by Gasteiger charge is -2.29. The van der Waals surface area contributed by atoms with E-state index in [0.29, 0.717) is 0 Å². The van der Waals surface area contributed by atoms with E-state index in [-0.39, 0.29) is 5.41 Å². The van der Waals surface area contributed by atoms with Gasteiger partial charge in [-0.2, -0.15) is 0 Å². The highest BCUT2D eigenvalue weighted by Gasteiger charge is 2.38. The molecule has 2 aromatic heterocycles. The Balaban J connectivity index is 0.000000247. The Bertz CT molecular complexity index is 3560. The van der Waals surface area contributed by atoms with Crippen molar-refractivity contribution >= 4 is 86.8 Å². The number of hydrogen-bond donors (Lipinski definition) is 1. The van der Waals surface area contributed by atoms with Gasteiger partial charge in [0.2, 0.25) is 0 Å². The summed E-state index contributed by atoms with van der Waals surface area (Å²) in [5.41, 5.74) is 24.3. The van der Waals surface area contributed by atoms with Gasteiger partial charge in [-0.05, 0) is 117 Å². The van der Waals surface area contributed by atoms with E-state index in [1.807, 2.05) is 11.3 Å². The van der Waals surface area contributed by atoms with Crippen molar-refractivity contribution in [3.05, 3.63) is 204 Å². The van der Waals surface area contributed by atoms with Crippen LogP contribution in [0.1, 0.15) is 36.1 Å². The fraction of sp³-hybridized carbons (Fsp3) is 0.103. The lowest BCUT2D eigenvalue weighted by Crippen LogP contribution is -2.17. The highest BCUT2D eigenvalue weighted by Crippen LogP contribution is 2.55. The van der Waals surface area contributed by atoms with Gasteiger partial charge in [0.25, 0.3) is 0 Å². The zero-order chi connectivity index (χ0) is 41.7. The van der Waals surface area contributed by atoms with E-state index in [0.717, 1.165) is 16.8 Å². The summed E-state index contributed by atoms with van der Waals surface area (Å²) < 4.78 is 4.92. The molecule has 2 aliphatic rings. The molecule has 11 aromatic rings. The number of thiophene rings is 1. The third kappa shape index (κ3) is 5.43.